The SMILES string of the molecule is CC(C)[Si](C#Cc1ccc2c(c1)oc1cc3c(cc12)oc1ccccc13)(C(C)C)C(C)C. The van der Waals surface area contributed by atoms with Crippen molar-refractivity contribution in [3.63, 3.8) is 0 Å². The average molecular weight is 439 g/mol. The Bertz CT molecular complexity index is 1500. The lowest BCUT2D eigenvalue weighted by atomic mass is 10.1. The number of furan rings is 2. The van der Waals surface area contributed by atoms with Gasteiger partial charge in [0, 0.05) is 27.1 Å². The van der Waals surface area contributed by atoms with Gasteiger partial charge in [0.15, 0.2) is 0 Å². The van der Waals surface area contributed by atoms with Crippen molar-refractivity contribution in [1.82, 2.24) is 0 Å². The van der Waals surface area contributed by atoms with Gasteiger partial charge in [-0.3, -0.25) is 0 Å². The zero-order chi connectivity index (χ0) is 22.6. The van der Waals surface area contributed by atoms with Crippen LogP contribution in [0.4, 0.5) is 0 Å². The summed E-state index contributed by atoms with van der Waals surface area (Å²) in [7, 11) is -1.76. The molecule has 2 heterocycles. The molecular weight excluding hydrogens is 408 g/mol. The van der Waals surface area contributed by atoms with Crippen LogP contribution in [0.25, 0.3) is 43.9 Å². The highest BCUT2D eigenvalue weighted by atomic mass is 28.3. The molecule has 5 rings (SSSR count). The Hall–Kier alpha value is -2.96. The highest BCUT2D eigenvalue weighted by molar-refractivity contribution is 6.90. The number of rotatable bonds is 3. The smallest absolute Gasteiger partial charge is 0.146 e. The Morgan fingerprint density at radius 3 is 1.75 bits per heavy atom. The molecule has 0 N–H and O–H groups in total. The minimum atomic E-state index is -1.76. The standard InChI is InChI=1S/C29H30O2Si/c1-18(2)32(19(3)4,20(5)6)14-13-21-11-12-23-25-17-28-24(16-29(25)31-27(23)15-21)22-9-7-8-10-26(22)30-28/h7-12,15-20H,1-6H3. The van der Waals surface area contributed by atoms with Crippen LogP contribution in [0.2, 0.25) is 16.6 Å². The molecule has 0 atom stereocenters. The zero-order valence-corrected chi connectivity index (χ0v) is 20.7. The molecule has 3 aromatic carbocycles. The van der Waals surface area contributed by atoms with Crippen molar-refractivity contribution in [2.45, 2.75) is 58.2 Å². The molecule has 0 aliphatic carbocycles. The van der Waals surface area contributed by atoms with Gasteiger partial charge in [-0.15, -0.1) is 5.54 Å². The van der Waals surface area contributed by atoms with Crippen molar-refractivity contribution in [2.24, 2.45) is 0 Å². The summed E-state index contributed by atoms with van der Waals surface area (Å²) in [4.78, 5) is 0. The van der Waals surface area contributed by atoms with Crippen LogP contribution < -0.4 is 0 Å². The van der Waals surface area contributed by atoms with E-state index in [-0.39, 0.29) is 0 Å². The molecule has 0 aliphatic heterocycles. The van der Waals surface area contributed by atoms with Gasteiger partial charge in [-0.2, -0.15) is 0 Å². The van der Waals surface area contributed by atoms with E-state index >= 15 is 0 Å². The Kier molecular flexibility index (Phi) is 4.95. The Morgan fingerprint density at radius 1 is 0.594 bits per heavy atom. The monoisotopic (exact) mass is 438 g/mol. The highest BCUT2D eigenvalue weighted by Gasteiger charge is 2.41. The lowest BCUT2D eigenvalue weighted by Gasteiger charge is -2.38. The van der Waals surface area contributed by atoms with Gasteiger partial charge in [-0.1, -0.05) is 65.7 Å². The molecule has 0 aliphatic rings. The van der Waals surface area contributed by atoms with Crippen molar-refractivity contribution >= 4 is 52.0 Å². The molecule has 5 aromatic rings. The summed E-state index contributed by atoms with van der Waals surface area (Å²) in [5.74, 6) is 3.55. The highest BCUT2D eigenvalue weighted by Crippen LogP contribution is 2.41. The van der Waals surface area contributed by atoms with Gasteiger partial charge < -0.3 is 8.83 Å². The van der Waals surface area contributed by atoms with Crippen LogP contribution in [-0.2, 0) is 0 Å². The number of benzene rings is 3. The fourth-order valence-corrected chi connectivity index (χ4v) is 10.9. The first-order chi connectivity index (χ1) is 15.3. The molecule has 0 bridgehead atoms. The Labute approximate surface area is 190 Å². The van der Waals surface area contributed by atoms with Crippen LogP contribution in [0.3, 0.4) is 0 Å². The predicted molar refractivity (Wildman–Crippen MR) is 139 cm³/mol. The number of hydrogen-bond donors (Lipinski definition) is 0. The van der Waals surface area contributed by atoms with E-state index in [9.17, 15) is 0 Å². The topological polar surface area (TPSA) is 26.3 Å². The summed E-state index contributed by atoms with van der Waals surface area (Å²) in [6.07, 6.45) is 0. The van der Waals surface area contributed by atoms with Crippen molar-refractivity contribution in [3.05, 3.63) is 60.2 Å². The van der Waals surface area contributed by atoms with Gasteiger partial charge in [0.05, 0.1) is 0 Å². The van der Waals surface area contributed by atoms with E-state index in [0.717, 1.165) is 49.4 Å². The zero-order valence-electron chi connectivity index (χ0n) is 19.7. The molecule has 0 saturated carbocycles. The summed E-state index contributed by atoms with van der Waals surface area (Å²) in [5.41, 5.74) is 10.3. The second-order valence-electron chi connectivity index (χ2n) is 9.90. The van der Waals surface area contributed by atoms with Crippen molar-refractivity contribution < 1.29 is 8.83 Å². The van der Waals surface area contributed by atoms with E-state index in [0.29, 0.717) is 16.6 Å². The molecule has 0 saturated heterocycles. The van der Waals surface area contributed by atoms with E-state index in [1.165, 1.54) is 0 Å². The van der Waals surface area contributed by atoms with E-state index in [4.69, 9.17) is 8.83 Å². The summed E-state index contributed by atoms with van der Waals surface area (Å²) in [6, 6.07) is 18.7. The minimum absolute atomic E-state index is 0.621. The first kappa shape index (κ1) is 20.9. The second-order valence-corrected chi connectivity index (χ2v) is 15.5. The van der Waals surface area contributed by atoms with Crippen LogP contribution in [0.1, 0.15) is 47.1 Å². The summed E-state index contributed by atoms with van der Waals surface area (Å²) in [6.45, 7) is 14.1. The minimum Gasteiger partial charge on any atom is -0.456 e. The molecule has 0 spiro atoms. The van der Waals surface area contributed by atoms with Crippen LogP contribution in [-0.4, -0.2) is 8.07 Å². The largest absolute Gasteiger partial charge is 0.456 e. The third kappa shape index (κ3) is 3.09. The maximum Gasteiger partial charge on any atom is 0.146 e. The third-order valence-electron chi connectivity index (χ3n) is 7.26. The maximum absolute atomic E-state index is 6.30. The summed E-state index contributed by atoms with van der Waals surface area (Å²) >= 11 is 0. The average Bonchev–Trinajstić information content (AvgIpc) is 3.28. The lowest BCUT2D eigenvalue weighted by Crippen LogP contribution is -2.43. The van der Waals surface area contributed by atoms with E-state index < -0.39 is 8.07 Å². The number of fused-ring (bicyclic) bond motifs is 6. The van der Waals surface area contributed by atoms with Gasteiger partial charge in [0.25, 0.3) is 0 Å². The van der Waals surface area contributed by atoms with Gasteiger partial charge in [0.1, 0.15) is 30.4 Å². The van der Waals surface area contributed by atoms with Crippen molar-refractivity contribution in [3.8, 4) is 11.5 Å². The molecule has 0 unspecified atom stereocenters. The lowest BCUT2D eigenvalue weighted by molar-refractivity contribution is 0.664. The van der Waals surface area contributed by atoms with Gasteiger partial charge >= 0.3 is 0 Å². The summed E-state index contributed by atoms with van der Waals surface area (Å²) < 4.78 is 12.4. The molecule has 2 aromatic heterocycles. The van der Waals surface area contributed by atoms with E-state index in [2.05, 4.69) is 89.4 Å². The fraction of sp³-hybridized carbons (Fsp3) is 0.310. The maximum atomic E-state index is 6.30. The molecule has 0 fully saturated rings. The Morgan fingerprint density at radius 2 is 1.12 bits per heavy atom. The van der Waals surface area contributed by atoms with Crippen molar-refractivity contribution in [1.29, 1.82) is 0 Å². The second kappa shape index (κ2) is 7.57. The first-order valence-electron chi connectivity index (χ1n) is 11.6. The van der Waals surface area contributed by atoms with Crippen LogP contribution in [0, 0.1) is 11.5 Å². The molecule has 162 valence electrons. The van der Waals surface area contributed by atoms with Crippen LogP contribution >= 0.6 is 0 Å². The number of para-hydroxylation sites is 1. The molecule has 32 heavy (non-hydrogen) atoms. The van der Waals surface area contributed by atoms with E-state index in [1.807, 2.05) is 18.2 Å². The molecule has 2 nitrogen and oxygen atoms in total. The normalized spacial score (nSPS) is 12.7. The third-order valence-corrected chi connectivity index (χ3v) is 13.6. The van der Waals surface area contributed by atoms with Gasteiger partial charge in [0.2, 0.25) is 0 Å². The molecular formula is C29H30O2Si. The molecule has 0 amide bonds. The van der Waals surface area contributed by atoms with Crippen LogP contribution in [0.15, 0.2) is 63.4 Å². The quantitative estimate of drug-likeness (QED) is 0.207. The van der Waals surface area contributed by atoms with Gasteiger partial charge in [-0.05, 0) is 53.0 Å². The first-order valence-corrected chi connectivity index (χ1v) is 13.8. The fourth-order valence-electron chi connectivity index (χ4n) is 5.69. The van der Waals surface area contributed by atoms with E-state index in [1.54, 1.807) is 0 Å². The Balaban J connectivity index is 1.64. The number of hydrogen-bond acceptors (Lipinski definition) is 2. The van der Waals surface area contributed by atoms with Crippen molar-refractivity contribution in [2.75, 3.05) is 0 Å². The molecule has 0 radical (unpaired) electrons. The van der Waals surface area contributed by atoms with Gasteiger partial charge in [-0.25, -0.2) is 0 Å². The summed E-state index contributed by atoms with van der Waals surface area (Å²) in [5, 5.41) is 4.40. The van der Waals surface area contributed by atoms with Crippen LogP contribution in [0.5, 0.6) is 0 Å². The predicted octanol–water partition coefficient (Wildman–Crippen LogP) is 9.05. The molecule has 3 heteroatoms.